The molecular weight excluding hydrogens is 494 g/mol. The van der Waals surface area contributed by atoms with Gasteiger partial charge >= 0.3 is 0 Å². The fraction of sp³-hybridized carbons (Fsp3) is 0.286. The highest BCUT2D eigenvalue weighted by Crippen LogP contribution is 2.49. The van der Waals surface area contributed by atoms with Gasteiger partial charge in [0.25, 0.3) is 5.69 Å². The van der Waals surface area contributed by atoms with E-state index in [0.717, 1.165) is 11.4 Å². The number of hydrogen-bond acceptors (Lipinski definition) is 6. The zero-order chi connectivity index (χ0) is 26.5. The highest BCUT2D eigenvalue weighted by atomic mass is 35.5. The van der Waals surface area contributed by atoms with Gasteiger partial charge < -0.3 is 9.73 Å². The fourth-order valence-electron chi connectivity index (χ4n) is 5.16. The Bertz CT molecular complexity index is 1470. The number of amides is 1. The minimum atomic E-state index is -0.784. The van der Waals surface area contributed by atoms with Gasteiger partial charge in [0, 0.05) is 41.8 Å². The lowest BCUT2D eigenvalue weighted by Crippen LogP contribution is -2.39. The number of fused-ring (bicyclic) bond motifs is 1. The van der Waals surface area contributed by atoms with Crippen molar-refractivity contribution in [3.05, 3.63) is 86.8 Å². The molecular formula is C28H26ClN3O5. The van der Waals surface area contributed by atoms with Crippen LogP contribution in [-0.4, -0.2) is 16.6 Å². The topological polar surface area (TPSA) is 106 Å². The Morgan fingerprint density at radius 3 is 2.65 bits per heavy atom. The van der Waals surface area contributed by atoms with Crippen LogP contribution in [0.4, 0.5) is 17.1 Å². The molecule has 5 rings (SSSR count). The molecule has 9 heteroatoms. The van der Waals surface area contributed by atoms with E-state index in [1.165, 1.54) is 18.2 Å². The van der Waals surface area contributed by atoms with Gasteiger partial charge in [0.2, 0.25) is 5.91 Å². The van der Waals surface area contributed by atoms with Crippen LogP contribution >= 0.6 is 11.6 Å². The minimum absolute atomic E-state index is 0.0447. The Hall–Kier alpha value is -3.91. The summed E-state index contributed by atoms with van der Waals surface area (Å²) >= 11 is 6.36. The minimum Gasteiger partial charge on any atom is -0.458 e. The second kappa shape index (κ2) is 9.19. The molecule has 2 aromatic carbocycles. The third-order valence-electron chi connectivity index (χ3n) is 6.80. The van der Waals surface area contributed by atoms with Gasteiger partial charge in [0.05, 0.1) is 21.3 Å². The number of non-ortho nitro benzene ring substituents is 1. The van der Waals surface area contributed by atoms with Gasteiger partial charge in [-0.2, -0.15) is 0 Å². The molecule has 1 aliphatic heterocycles. The number of nitrogens with one attached hydrogen (secondary N) is 1. The van der Waals surface area contributed by atoms with Gasteiger partial charge in [-0.05, 0) is 42.2 Å². The lowest BCUT2D eigenvalue weighted by Gasteiger charge is -2.36. The Kier molecular flexibility index (Phi) is 6.15. The molecule has 0 bridgehead atoms. The summed E-state index contributed by atoms with van der Waals surface area (Å²) < 4.78 is 6.27. The van der Waals surface area contributed by atoms with Gasteiger partial charge in [-0.15, -0.1) is 0 Å². The molecule has 1 atom stereocenters. The summed E-state index contributed by atoms with van der Waals surface area (Å²) in [5.41, 5.74) is 2.79. The number of nitrogens with zero attached hydrogens (tertiary/aromatic N) is 2. The van der Waals surface area contributed by atoms with E-state index in [0.29, 0.717) is 41.2 Å². The predicted octanol–water partition coefficient (Wildman–Crippen LogP) is 7.06. The highest BCUT2D eigenvalue weighted by molar-refractivity contribution is 6.33. The van der Waals surface area contributed by atoms with Crippen molar-refractivity contribution >= 4 is 40.4 Å². The smallest absolute Gasteiger partial charge is 0.270 e. The van der Waals surface area contributed by atoms with Crippen LogP contribution in [0, 0.1) is 15.5 Å². The summed E-state index contributed by atoms with van der Waals surface area (Å²) in [7, 11) is 0. The zero-order valence-electron chi connectivity index (χ0n) is 20.7. The molecule has 2 aliphatic rings. The maximum absolute atomic E-state index is 13.7. The van der Waals surface area contributed by atoms with Crippen molar-refractivity contribution in [3.8, 4) is 11.3 Å². The molecule has 0 radical (unpaired) electrons. The van der Waals surface area contributed by atoms with Gasteiger partial charge in [0.15, 0.2) is 5.78 Å². The number of nitro groups is 1. The number of anilines is 2. The van der Waals surface area contributed by atoms with Crippen LogP contribution in [0.3, 0.4) is 0 Å². The van der Waals surface area contributed by atoms with E-state index in [2.05, 4.69) is 19.2 Å². The zero-order valence-corrected chi connectivity index (χ0v) is 21.5. The lowest BCUT2D eigenvalue weighted by molar-refractivity contribution is -0.384. The SMILES string of the molecule is CCC(=O)N1c2ccccc2NC2=C(C(=O)CC(C)(C)C2)[C@H]1c1ccc(-c2ccc([N+](=O)[O-])cc2Cl)o1. The molecule has 37 heavy (non-hydrogen) atoms. The standard InChI is InChI=1S/C28H26ClN3O5/c1-4-25(34)31-21-8-6-5-7-19(21)30-20-14-28(2,3)15-22(33)26(20)27(31)24-12-11-23(37-24)17-10-9-16(32(35)36)13-18(17)29/h5-13,27,30H,4,14-15H2,1-3H3/t27-/m1/s1. The molecule has 1 amide bonds. The van der Waals surface area contributed by atoms with Crippen LogP contribution < -0.4 is 10.2 Å². The van der Waals surface area contributed by atoms with Gasteiger partial charge in [-0.25, -0.2) is 0 Å². The van der Waals surface area contributed by atoms with Crippen LogP contribution in [0.1, 0.15) is 51.8 Å². The molecule has 2 heterocycles. The number of halogens is 1. The molecule has 0 saturated heterocycles. The van der Waals surface area contributed by atoms with Crippen molar-refractivity contribution in [3.63, 3.8) is 0 Å². The maximum atomic E-state index is 13.7. The van der Waals surface area contributed by atoms with Crippen molar-refractivity contribution in [2.75, 3.05) is 10.2 Å². The number of Topliss-reactive ketones (excluding diaryl/α,β-unsaturated/α-hetero) is 1. The monoisotopic (exact) mass is 519 g/mol. The molecule has 0 saturated carbocycles. The van der Waals surface area contributed by atoms with Crippen molar-refractivity contribution < 1.29 is 18.9 Å². The first-order chi connectivity index (χ1) is 17.6. The van der Waals surface area contributed by atoms with E-state index in [1.807, 2.05) is 24.3 Å². The number of rotatable bonds is 4. The molecule has 0 spiro atoms. The van der Waals surface area contributed by atoms with E-state index >= 15 is 0 Å². The van der Waals surface area contributed by atoms with Crippen molar-refractivity contribution in [2.24, 2.45) is 5.41 Å². The Morgan fingerprint density at radius 2 is 1.95 bits per heavy atom. The number of furan rings is 1. The molecule has 0 unspecified atom stereocenters. The molecule has 0 fully saturated rings. The number of carbonyl (C=O) groups is 2. The van der Waals surface area contributed by atoms with Crippen LogP contribution in [0.15, 0.2) is 70.3 Å². The Balaban J connectivity index is 1.70. The number of carbonyl (C=O) groups excluding carboxylic acids is 2. The Morgan fingerprint density at radius 1 is 1.19 bits per heavy atom. The van der Waals surface area contributed by atoms with Crippen LogP contribution in [0.5, 0.6) is 0 Å². The Labute approximate surface area is 219 Å². The van der Waals surface area contributed by atoms with Crippen LogP contribution in [0.2, 0.25) is 5.02 Å². The van der Waals surface area contributed by atoms with Crippen molar-refractivity contribution in [1.29, 1.82) is 0 Å². The quantitative estimate of drug-likeness (QED) is 0.292. The lowest BCUT2D eigenvalue weighted by atomic mass is 9.74. The molecule has 1 aromatic heterocycles. The number of nitro benzene ring substituents is 1. The van der Waals surface area contributed by atoms with Gasteiger partial charge in [-0.3, -0.25) is 24.6 Å². The average molecular weight is 520 g/mol. The summed E-state index contributed by atoms with van der Waals surface area (Å²) in [6.07, 6.45) is 1.21. The number of hydrogen-bond donors (Lipinski definition) is 1. The van der Waals surface area contributed by atoms with E-state index in [4.69, 9.17) is 16.0 Å². The normalized spacial score (nSPS) is 18.5. The number of ketones is 1. The molecule has 1 N–H and O–H groups in total. The van der Waals surface area contributed by atoms with Crippen LogP contribution in [0.25, 0.3) is 11.3 Å². The van der Waals surface area contributed by atoms with E-state index in [1.54, 1.807) is 24.0 Å². The second-order valence-electron chi connectivity index (χ2n) is 10.1. The first kappa shape index (κ1) is 24.8. The summed E-state index contributed by atoms with van der Waals surface area (Å²) in [6, 6.07) is 14.3. The summed E-state index contributed by atoms with van der Waals surface area (Å²) in [5, 5.41) is 14.8. The van der Waals surface area contributed by atoms with Crippen molar-refractivity contribution in [1.82, 2.24) is 0 Å². The summed E-state index contributed by atoms with van der Waals surface area (Å²) in [4.78, 5) is 39.4. The molecule has 1 aliphatic carbocycles. The third-order valence-corrected chi connectivity index (χ3v) is 7.11. The van der Waals surface area contributed by atoms with E-state index in [-0.39, 0.29) is 34.2 Å². The number of allylic oxidation sites excluding steroid dienone is 1. The second-order valence-corrected chi connectivity index (χ2v) is 10.5. The third kappa shape index (κ3) is 4.42. The molecule has 190 valence electrons. The average Bonchev–Trinajstić information content (AvgIpc) is 3.26. The van der Waals surface area contributed by atoms with Crippen molar-refractivity contribution in [2.45, 2.75) is 46.1 Å². The van der Waals surface area contributed by atoms with Crippen LogP contribution in [-0.2, 0) is 9.59 Å². The highest BCUT2D eigenvalue weighted by Gasteiger charge is 2.44. The maximum Gasteiger partial charge on any atom is 0.270 e. The first-order valence-corrected chi connectivity index (χ1v) is 12.5. The number of benzene rings is 2. The summed E-state index contributed by atoms with van der Waals surface area (Å²) in [5.74, 6) is 0.592. The van der Waals surface area contributed by atoms with Gasteiger partial charge in [0.1, 0.15) is 17.6 Å². The summed E-state index contributed by atoms with van der Waals surface area (Å²) in [6.45, 7) is 5.89. The molecule has 8 nitrogen and oxygen atoms in total. The van der Waals surface area contributed by atoms with Gasteiger partial charge in [-0.1, -0.05) is 44.5 Å². The fourth-order valence-corrected chi connectivity index (χ4v) is 5.43. The first-order valence-electron chi connectivity index (χ1n) is 12.1. The number of para-hydroxylation sites is 2. The van der Waals surface area contributed by atoms with E-state index in [9.17, 15) is 19.7 Å². The largest absolute Gasteiger partial charge is 0.458 e. The molecule has 3 aromatic rings. The van der Waals surface area contributed by atoms with E-state index < -0.39 is 11.0 Å². The predicted molar refractivity (Wildman–Crippen MR) is 141 cm³/mol.